The average molecular weight is 687 g/mol. The van der Waals surface area contributed by atoms with Crippen LogP contribution in [0.3, 0.4) is 0 Å². The fourth-order valence-electron chi connectivity index (χ4n) is 6.61. The zero-order chi connectivity index (χ0) is 32.4. The molecule has 0 radical (unpaired) electrons. The number of carboxylic acids is 1. The molecule has 2 aliphatic rings. The van der Waals surface area contributed by atoms with E-state index in [-0.39, 0.29) is 11.8 Å². The van der Waals surface area contributed by atoms with Gasteiger partial charge in [-0.3, -0.25) is 9.59 Å². The second kappa shape index (κ2) is 13.1. The maximum Gasteiger partial charge on any atom is 0.328 e. The minimum Gasteiger partial charge on any atom is -0.493 e. The van der Waals surface area contributed by atoms with Crippen molar-refractivity contribution in [1.29, 1.82) is 0 Å². The smallest absolute Gasteiger partial charge is 0.328 e. The quantitative estimate of drug-likeness (QED) is 0.156. The summed E-state index contributed by atoms with van der Waals surface area (Å²) in [5.41, 5.74) is 3.63. The van der Waals surface area contributed by atoms with Gasteiger partial charge in [0.2, 0.25) is 5.91 Å². The van der Waals surface area contributed by atoms with Gasteiger partial charge in [0.05, 0.1) is 16.8 Å². The lowest BCUT2D eigenvalue weighted by atomic mass is 9.75. The van der Waals surface area contributed by atoms with E-state index in [1.807, 2.05) is 32.2 Å². The van der Waals surface area contributed by atoms with Crippen LogP contribution in [0.4, 0.5) is 5.69 Å². The Balaban J connectivity index is 1.26. The summed E-state index contributed by atoms with van der Waals surface area (Å²) in [6, 6.07) is 10.8. The first kappa shape index (κ1) is 31.5. The van der Waals surface area contributed by atoms with Gasteiger partial charge < -0.3 is 25.0 Å². The highest BCUT2D eigenvalue weighted by Crippen LogP contribution is 2.44. The van der Waals surface area contributed by atoms with E-state index >= 15 is 0 Å². The van der Waals surface area contributed by atoms with Gasteiger partial charge in [0, 0.05) is 59.3 Å². The van der Waals surface area contributed by atoms with Gasteiger partial charge in [-0.05, 0) is 96.8 Å². The van der Waals surface area contributed by atoms with Crippen LogP contribution in [-0.4, -0.2) is 49.6 Å². The Morgan fingerprint density at radius 2 is 1.83 bits per heavy atom. The molecule has 2 aliphatic carbocycles. The van der Waals surface area contributed by atoms with Gasteiger partial charge in [0.25, 0.3) is 5.91 Å². The Bertz CT molecular complexity index is 1840. The van der Waals surface area contributed by atoms with Crippen molar-refractivity contribution < 1.29 is 24.2 Å². The van der Waals surface area contributed by atoms with Crippen LogP contribution in [0.15, 0.2) is 59.3 Å². The molecule has 2 fully saturated rings. The van der Waals surface area contributed by atoms with Crippen molar-refractivity contribution in [3.8, 4) is 17.3 Å². The molecular formula is C35H36BrN5O5. The second-order valence-corrected chi connectivity index (χ2v) is 12.9. The minimum absolute atomic E-state index is 0.304. The average Bonchev–Trinajstić information content (AvgIpc) is 3.65. The number of carbonyl (C=O) groups is 3. The summed E-state index contributed by atoms with van der Waals surface area (Å²) in [5.74, 6) is -0.184. The molecule has 2 aromatic carbocycles. The second-order valence-electron chi connectivity index (χ2n) is 12.0. The topological polar surface area (TPSA) is 135 Å². The molecule has 0 bridgehead atoms. The number of hydrogen-bond donors (Lipinski definition) is 3. The number of fused-ring (bicyclic) bond motifs is 1. The molecule has 11 heteroatoms. The Labute approximate surface area is 275 Å². The molecule has 0 unspecified atom stereocenters. The number of aryl methyl sites for hydroxylation is 1. The molecule has 46 heavy (non-hydrogen) atoms. The van der Waals surface area contributed by atoms with Crippen molar-refractivity contribution in [2.45, 2.75) is 63.3 Å². The summed E-state index contributed by atoms with van der Waals surface area (Å²) >= 11 is 3.44. The zero-order valence-corrected chi connectivity index (χ0v) is 27.4. The third kappa shape index (κ3) is 6.16. The van der Waals surface area contributed by atoms with Crippen LogP contribution in [0.5, 0.6) is 5.75 Å². The summed E-state index contributed by atoms with van der Waals surface area (Å²) in [6.45, 7) is 2.20. The van der Waals surface area contributed by atoms with E-state index in [1.54, 1.807) is 30.6 Å². The highest BCUT2D eigenvalue weighted by molar-refractivity contribution is 9.10. The fraction of sp³-hybridized carbons (Fsp3) is 0.343. The number of amides is 2. The molecule has 4 aromatic rings. The maximum atomic E-state index is 13.7. The van der Waals surface area contributed by atoms with Gasteiger partial charge in [-0.2, -0.15) is 0 Å². The number of anilines is 1. The Kier molecular flexibility index (Phi) is 8.95. The SMILES string of the molecule is CCOc1cc(NC(=O)C2(NC(=O)c3ccc4c(C5CCCC5)c(-c5ncc(Br)cn5)n(C)c4c3)CCC2)ccc1/C=C/C(=O)O. The van der Waals surface area contributed by atoms with Gasteiger partial charge in [-0.25, -0.2) is 14.8 Å². The summed E-state index contributed by atoms with van der Waals surface area (Å²) in [6.07, 6.45) is 12.4. The molecule has 2 aromatic heterocycles. The first-order valence-corrected chi connectivity index (χ1v) is 16.4. The molecule has 3 N–H and O–H groups in total. The number of halogens is 1. The monoisotopic (exact) mass is 685 g/mol. The molecule has 0 atom stereocenters. The van der Waals surface area contributed by atoms with Crippen molar-refractivity contribution in [2.75, 3.05) is 11.9 Å². The number of aromatic nitrogens is 3. The number of ether oxygens (including phenoxy) is 1. The minimum atomic E-state index is -1.07. The van der Waals surface area contributed by atoms with Crippen LogP contribution in [0.25, 0.3) is 28.5 Å². The maximum absolute atomic E-state index is 13.7. The Morgan fingerprint density at radius 3 is 2.48 bits per heavy atom. The third-order valence-electron chi connectivity index (χ3n) is 9.07. The molecule has 0 aliphatic heterocycles. The van der Waals surface area contributed by atoms with E-state index in [2.05, 4.69) is 41.1 Å². The van der Waals surface area contributed by atoms with Gasteiger partial charge in [-0.15, -0.1) is 0 Å². The summed E-state index contributed by atoms with van der Waals surface area (Å²) in [4.78, 5) is 47.6. The molecule has 2 amide bonds. The standard InChI is InChI=1S/C35H36BrN5O5/c1-3-46-28-18-25(12-9-21(28)11-14-29(42)43)39-34(45)35(15-6-16-35)40-33(44)23-10-13-26-27(17-23)41(2)31(30(26)22-7-4-5-8-22)32-37-19-24(36)20-38-32/h9-14,17-20,22H,3-8,15-16H2,1-2H3,(H,39,45)(H,40,44)(H,42,43)/b14-11+. The third-order valence-corrected chi connectivity index (χ3v) is 9.48. The largest absolute Gasteiger partial charge is 0.493 e. The highest BCUT2D eigenvalue weighted by atomic mass is 79.9. The first-order chi connectivity index (χ1) is 22.2. The van der Waals surface area contributed by atoms with E-state index < -0.39 is 11.5 Å². The van der Waals surface area contributed by atoms with Gasteiger partial charge >= 0.3 is 5.97 Å². The van der Waals surface area contributed by atoms with Crippen LogP contribution in [0.1, 0.15) is 79.3 Å². The van der Waals surface area contributed by atoms with E-state index in [9.17, 15) is 14.4 Å². The molecule has 0 saturated heterocycles. The van der Waals surface area contributed by atoms with Crippen molar-refractivity contribution in [2.24, 2.45) is 7.05 Å². The first-order valence-electron chi connectivity index (χ1n) is 15.6. The number of carbonyl (C=O) groups excluding carboxylic acids is 2. The van der Waals surface area contributed by atoms with E-state index in [0.717, 1.165) is 46.4 Å². The molecule has 2 heterocycles. The van der Waals surface area contributed by atoms with Crippen molar-refractivity contribution in [3.63, 3.8) is 0 Å². The number of nitrogens with one attached hydrogen (secondary N) is 2. The number of benzene rings is 2. The molecular weight excluding hydrogens is 650 g/mol. The van der Waals surface area contributed by atoms with Crippen LogP contribution in [0, 0.1) is 0 Å². The van der Waals surface area contributed by atoms with Crippen molar-refractivity contribution in [1.82, 2.24) is 19.9 Å². The molecule has 238 valence electrons. The molecule has 6 rings (SSSR count). The van der Waals surface area contributed by atoms with Gasteiger partial charge in [0.15, 0.2) is 5.82 Å². The Hall–Kier alpha value is -4.51. The van der Waals surface area contributed by atoms with Crippen LogP contribution >= 0.6 is 15.9 Å². The lowest BCUT2D eigenvalue weighted by Gasteiger charge is -2.40. The van der Waals surface area contributed by atoms with E-state index in [0.29, 0.717) is 53.8 Å². The number of nitrogens with zero attached hydrogens (tertiary/aromatic N) is 3. The molecule has 10 nitrogen and oxygen atoms in total. The van der Waals surface area contributed by atoms with Crippen LogP contribution in [0.2, 0.25) is 0 Å². The number of aliphatic carboxylic acids is 1. The lowest BCUT2D eigenvalue weighted by Crippen LogP contribution is -2.61. The fourth-order valence-corrected chi connectivity index (χ4v) is 6.82. The summed E-state index contributed by atoms with van der Waals surface area (Å²) < 4.78 is 8.58. The molecule has 0 spiro atoms. The van der Waals surface area contributed by atoms with Gasteiger partial charge in [-0.1, -0.05) is 18.9 Å². The predicted molar refractivity (Wildman–Crippen MR) is 180 cm³/mol. The van der Waals surface area contributed by atoms with Crippen molar-refractivity contribution >= 4 is 56.4 Å². The van der Waals surface area contributed by atoms with E-state index in [4.69, 9.17) is 9.84 Å². The summed E-state index contributed by atoms with van der Waals surface area (Å²) in [7, 11) is 1.99. The lowest BCUT2D eigenvalue weighted by molar-refractivity contribution is -0.131. The molecule has 2 saturated carbocycles. The van der Waals surface area contributed by atoms with Crippen molar-refractivity contribution in [3.05, 3.63) is 76.0 Å². The number of rotatable bonds is 10. The normalized spacial score (nSPS) is 16.0. The zero-order valence-electron chi connectivity index (χ0n) is 25.8. The van der Waals surface area contributed by atoms with Gasteiger partial charge in [0.1, 0.15) is 11.3 Å². The van der Waals surface area contributed by atoms with E-state index in [1.165, 1.54) is 24.5 Å². The number of hydrogen-bond acceptors (Lipinski definition) is 6. The Morgan fingerprint density at radius 1 is 1.09 bits per heavy atom. The van der Waals surface area contributed by atoms with Crippen LogP contribution < -0.4 is 15.4 Å². The summed E-state index contributed by atoms with van der Waals surface area (Å²) in [5, 5.41) is 16.1. The highest BCUT2D eigenvalue weighted by Gasteiger charge is 2.45. The predicted octanol–water partition coefficient (Wildman–Crippen LogP) is 6.84. The van der Waals surface area contributed by atoms with Crippen LogP contribution in [-0.2, 0) is 16.6 Å². The number of carboxylic acid groups (broad SMARTS) is 1.